The van der Waals surface area contributed by atoms with Gasteiger partial charge in [0.05, 0.1) is 22.3 Å². The first kappa shape index (κ1) is 19.0. The lowest BCUT2D eigenvalue weighted by molar-refractivity contribution is -0.132. The van der Waals surface area contributed by atoms with Crippen LogP contribution in [0.25, 0.3) is 27.7 Å². The van der Waals surface area contributed by atoms with Gasteiger partial charge >= 0.3 is 5.91 Å². The number of aromatic amines is 2. The Kier molecular flexibility index (Phi) is 4.13. The predicted octanol–water partition coefficient (Wildman–Crippen LogP) is 4.07. The Bertz CT molecular complexity index is 1550. The molecule has 3 N–H and O–H groups in total. The number of fused-ring (bicyclic) bond motifs is 2. The van der Waals surface area contributed by atoms with Gasteiger partial charge in [0, 0.05) is 28.9 Å². The highest BCUT2D eigenvalue weighted by Crippen LogP contribution is 2.41. The summed E-state index contributed by atoms with van der Waals surface area (Å²) >= 11 is 0. The van der Waals surface area contributed by atoms with Gasteiger partial charge in [-0.1, -0.05) is 36.4 Å². The van der Waals surface area contributed by atoms with Crippen molar-refractivity contribution in [1.29, 1.82) is 0 Å². The summed E-state index contributed by atoms with van der Waals surface area (Å²) in [6.45, 7) is 0. The number of carbonyl (C=O) groups is 2. The first-order chi connectivity index (χ1) is 16.1. The Morgan fingerprint density at radius 1 is 0.939 bits per heavy atom. The van der Waals surface area contributed by atoms with Crippen LogP contribution in [0.15, 0.2) is 84.7 Å². The summed E-state index contributed by atoms with van der Waals surface area (Å²) < 4.78 is 0. The minimum absolute atomic E-state index is 0.0380. The molecule has 1 unspecified atom stereocenters. The van der Waals surface area contributed by atoms with Crippen LogP contribution in [0.1, 0.15) is 17.3 Å². The van der Waals surface area contributed by atoms with Gasteiger partial charge in [0.25, 0.3) is 5.78 Å². The highest BCUT2D eigenvalue weighted by molar-refractivity contribution is 6.51. The van der Waals surface area contributed by atoms with Crippen molar-refractivity contribution in [2.24, 2.45) is 0 Å². The molecule has 0 spiro atoms. The molecule has 1 saturated heterocycles. The SMILES string of the molecule is O=C1C(=O)N(c2nc3ccccc3[nH]2)C(c2ccccn2)/C1=C(\O)c1c[nH]c2ccccc12. The zero-order chi connectivity index (χ0) is 22.5. The molecule has 1 aliphatic rings. The Morgan fingerprint density at radius 2 is 1.70 bits per heavy atom. The van der Waals surface area contributed by atoms with E-state index in [9.17, 15) is 14.7 Å². The molecule has 0 aliphatic carbocycles. The zero-order valence-corrected chi connectivity index (χ0v) is 17.2. The lowest BCUT2D eigenvalue weighted by Crippen LogP contribution is -2.30. The van der Waals surface area contributed by atoms with Crippen molar-refractivity contribution in [3.63, 3.8) is 0 Å². The number of carbonyl (C=O) groups excluding carboxylic acids is 2. The quantitative estimate of drug-likeness (QED) is 0.225. The number of aromatic nitrogens is 4. The van der Waals surface area contributed by atoms with Gasteiger partial charge in [0.2, 0.25) is 5.95 Å². The van der Waals surface area contributed by atoms with E-state index in [0.717, 1.165) is 16.4 Å². The number of imidazole rings is 1. The standard InChI is InChI=1S/C25H17N5O3/c31-22(15-13-27-16-8-2-1-7-14(15)16)20-21(19-11-5-6-12-26-19)30(24(33)23(20)32)25-28-17-9-3-4-10-18(17)29-25/h1-13,21,27,31H,(H,28,29)/b22-20+. The summed E-state index contributed by atoms with van der Waals surface area (Å²) in [6, 6.07) is 19.1. The number of anilines is 1. The monoisotopic (exact) mass is 435 g/mol. The molecule has 0 radical (unpaired) electrons. The Morgan fingerprint density at radius 3 is 2.48 bits per heavy atom. The van der Waals surface area contributed by atoms with Crippen molar-refractivity contribution in [2.75, 3.05) is 4.90 Å². The van der Waals surface area contributed by atoms with Crippen molar-refractivity contribution >= 4 is 45.3 Å². The third-order valence-electron chi connectivity index (χ3n) is 5.86. The normalized spacial score (nSPS) is 17.9. The fourth-order valence-electron chi connectivity index (χ4n) is 4.33. The van der Waals surface area contributed by atoms with E-state index >= 15 is 0 Å². The Balaban J connectivity index is 1.59. The second-order valence-electron chi connectivity index (χ2n) is 7.75. The van der Waals surface area contributed by atoms with Gasteiger partial charge in [-0.2, -0.15) is 0 Å². The minimum atomic E-state index is -0.944. The van der Waals surface area contributed by atoms with Crippen molar-refractivity contribution in [1.82, 2.24) is 19.9 Å². The number of benzene rings is 2. The van der Waals surface area contributed by atoms with E-state index in [-0.39, 0.29) is 17.3 Å². The molecule has 33 heavy (non-hydrogen) atoms. The molecule has 1 fully saturated rings. The third-order valence-corrected chi connectivity index (χ3v) is 5.86. The topological polar surface area (TPSA) is 115 Å². The summed E-state index contributed by atoms with van der Waals surface area (Å²) in [7, 11) is 0. The van der Waals surface area contributed by atoms with Crippen LogP contribution in [0.5, 0.6) is 0 Å². The van der Waals surface area contributed by atoms with Crippen LogP contribution in [0.3, 0.4) is 0 Å². The maximum Gasteiger partial charge on any atom is 0.302 e. The average molecular weight is 435 g/mol. The van der Waals surface area contributed by atoms with E-state index in [1.807, 2.05) is 48.5 Å². The Hall–Kier alpha value is -4.72. The number of nitrogens with zero attached hydrogens (tertiary/aromatic N) is 3. The van der Waals surface area contributed by atoms with Crippen molar-refractivity contribution < 1.29 is 14.7 Å². The smallest absolute Gasteiger partial charge is 0.302 e. The molecule has 1 atom stereocenters. The number of amides is 1. The number of aliphatic hydroxyl groups excluding tert-OH is 1. The number of hydrogen-bond donors (Lipinski definition) is 3. The molecule has 6 rings (SSSR count). The number of pyridine rings is 1. The number of ketones is 1. The molecule has 1 amide bonds. The van der Waals surface area contributed by atoms with Gasteiger partial charge in [-0.3, -0.25) is 19.5 Å². The van der Waals surface area contributed by atoms with E-state index in [1.165, 1.54) is 4.90 Å². The summed E-state index contributed by atoms with van der Waals surface area (Å²) in [5, 5.41) is 12.1. The van der Waals surface area contributed by atoms with Crippen molar-refractivity contribution in [2.45, 2.75) is 6.04 Å². The molecule has 3 aromatic heterocycles. The first-order valence-corrected chi connectivity index (χ1v) is 10.4. The molecule has 8 heteroatoms. The number of aliphatic hydroxyl groups is 1. The van der Waals surface area contributed by atoms with E-state index in [0.29, 0.717) is 16.8 Å². The minimum Gasteiger partial charge on any atom is -0.507 e. The van der Waals surface area contributed by atoms with E-state index < -0.39 is 17.7 Å². The molecule has 2 aromatic carbocycles. The molecule has 8 nitrogen and oxygen atoms in total. The van der Waals surface area contributed by atoms with E-state index in [2.05, 4.69) is 19.9 Å². The molecule has 4 heterocycles. The molecular formula is C25H17N5O3. The highest BCUT2D eigenvalue weighted by Gasteiger charge is 2.49. The predicted molar refractivity (Wildman–Crippen MR) is 123 cm³/mol. The number of Topliss-reactive ketones (excluding diaryl/α,β-unsaturated/α-hetero) is 1. The van der Waals surface area contributed by atoms with Gasteiger partial charge in [-0.25, -0.2) is 4.98 Å². The van der Waals surface area contributed by atoms with Gasteiger partial charge in [0.15, 0.2) is 0 Å². The van der Waals surface area contributed by atoms with Gasteiger partial charge < -0.3 is 15.1 Å². The summed E-state index contributed by atoms with van der Waals surface area (Å²) in [4.78, 5) is 42.9. The molecule has 5 aromatic rings. The fourth-order valence-corrected chi connectivity index (χ4v) is 4.33. The summed E-state index contributed by atoms with van der Waals surface area (Å²) in [5.41, 5.74) is 3.04. The van der Waals surface area contributed by atoms with Crippen LogP contribution >= 0.6 is 0 Å². The summed E-state index contributed by atoms with van der Waals surface area (Å²) in [6.07, 6.45) is 3.21. The van der Waals surface area contributed by atoms with Crippen molar-refractivity contribution in [3.8, 4) is 0 Å². The third kappa shape index (κ3) is 2.85. The first-order valence-electron chi connectivity index (χ1n) is 10.4. The fraction of sp³-hybridized carbons (Fsp3) is 0.0400. The molecule has 1 aliphatic heterocycles. The second kappa shape index (κ2) is 7.16. The molecule has 160 valence electrons. The maximum absolute atomic E-state index is 13.3. The average Bonchev–Trinajstić information content (AvgIpc) is 3.53. The van der Waals surface area contributed by atoms with Crippen LogP contribution in [0.4, 0.5) is 5.95 Å². The maximum atomic E-state index is 13.3. The van der Waals surface area contributed by atoms with Gasteiger partial charge in [-0.05, 0) is 30.3 Å². The molecular weight excluding hydrogens is 418 g/mol. The number of nitrogens with one attached hydrogen (secondary N) is 2. The second-order valence-corrected chi connectivity index (χ2v) is 7.75. The van der Waals surface area contributed by atoms with Crippen LogP contribution in [-0.2, 0) is 9.59 Å². The van der Waals surface area contributed by atoms with Crippen LogP contribution in [0, 0.1) is 0 Å². The highest BCUT2D eigenvalue weighted by atomic mass is 16.3. The van der Waals surface area contributed by atoms with Crippen molar-refractivity contribution in [3.05, 3.63) is 96.0 Å². The number of para-hydroxylation sites is 3. The Labute approximate surface area is 187 Å². The lowest BCUT2D eigenvalue weighted by Gasteiger charge is -2.21. The number of hydrogen-bond acceptors (Lipinski definition) is 5. The van der Waals surface area contributed by atoms with Crippen LogP contribution in [-0.4, -0.2) is 36.7 Å². The lowest BCUT2D eigenvalue weighted by atomic mass is 9.98. The van der Waals surface area contributed by atoms with Crippen LogP contribution < -0.4 is 4.90 Å². The van der Waals surface area contributed by atoms with Gasteiger partial charge in [-0.15, -0.1) is 0 Å². The summed E-state index contributed by atoms with van der Waals surface area (Å²) in [5.74, 6) is -1.63. The molecule has 0 saturated carbocycles. The number of rotatable bonds is 3. The van der Waals surface area contributed by atoms with Crippen LogP contribution in [0.2, 0.25) is 0 Å². The zero-order valence-electron chi connectivity index (χ0n) is 17.2. The van der Waals surface area contributed by atoms with E-state index in [4.69, 9.17) is 0 Å². The molecule has 0 bridgehead atoms. The number of H-pyrrole nitrogens is 2. The van der Waals surface area contributed by atoms with Gasteiger partial charge in [0.1, 0.15) is 11.8 Å². The largest absolute Gasteiger partial charge is 0.507 e. The van der Waals surface area contributed by atoms with E-state index in [1.54, 1.807) is 30.6 Å².